The lowest BCUT2D eigenvalue weighted by Crippen LogP contribution is -2.49. The number of rotatable bonds is 6. The van der Waals surface area contributed by atoms with Crippen molar-refractivity contribution in [3.63, 3.8) is 0 Å². The molecule has 0 N–H and O–H groups in total. The maximum absolute atomic E-state index is 13.6. The SMILES string of the molecule is Cc1cccc(C(CC(=O)N2CCN(c3ccc([N+](=O)[O-])cc3)CC2)c2cn(C)c3ccccc23)c1. The van der Waals surface area contributed by atoms with Gasteiger partial charge >= 0.3 is 0 Å². The largest absolute Gasteiger partial charge is 0.368 e. The molecule has 1 saturated heterocycles. The molecule has 1 aliphatic heterocycles. The molecule has 3 aromatic carbocycles. The molecule has 4 aromatic rings. The topological polar surface area (TPSA) is 71.6 Å². The minimum atomic E-state index is -0.388. The van der Waals surface area contributed by atoms with Crippen molar-refractivity contribution in [1.29, 1.82) is 0 Å². The van der Waals surface area contributed by atoms with E-state index in [4.69, 9.17) is 0 Å². The summed E-state index contributed by atoms with van der Waals surface area (Å²) in [4.78, 5) is 28.3. The zero-order chi connectivity index (χ0) is 25.2. The van der Waals surface area contributed by atoms with E-state index >= 15 is 0 Å². The fourth-order valence-corrected chi connectivity index (χ4v) is 5.25. The Hall–Kier alpha value is -4.13. The van der Waals surface area contributed by atoms with Crippen molar-refractivity contribution in [2.75, 3.05) is 31.1 Å². The number of carbonyl (C=O) groups excluding carboxylic acids is 1. The Morgan fingerprint density at radius 1 is 0.972 bits per heavy atom. The summed E-state index contributed by atoms with van der Waals surface area (Å²) < 4.78 is 2.14. The molecule has 36 heavy (non-hydrogen) atoms. The van der Waals surface area contributed by atoms with E-state index in [1.54, 1.807) is 12.1 Å². The van der Waals surface area contributed by atoms with Crippen LogP contribution in [-0.4, -0.2) is 46.5 Å². The van der Waals surface area contributed by atoms with Crippen molar-refractivity contribution in [3.8, 4) is 0 Å². The van der Waals surface area contributed by atoms with E-state index < -0.39 is 0 Å². The zero-order valence-electron chi connectivity index (χ0n) is 20.6. The second-order valence-corrected chi connectivity index (χ2v) is 9.52. The van der Waals surface area contributed by atoms with Crippen molar-refractivity contribution >= 4 is 28.2 Å². The third-order valence-corrected chi connectivity index (χ3v) is 7.18. The summed E-state index contributed by atoms with van der Waals surface area (Å²) in [5.74, 6) is 0.119. The summed E-state index contributed by atoms with van der Waals surface area (Å²) >= 11 is 0. The second-order valence-electron chi connectivity index (χ2n) is 9.52. The number of nitrogens with zero attached hydrogens (tertiary/aromatic N) is 4. The number of amides is 1. The highest BCUT2D eigenvalue weighted by molar-refractivity contribution is 5.86. The van der Waals surface area contributed by atoms with Crippen LogP contribution in [0.2, 0.25) is 0 Å². The lowest BCUT2D eigenvalue weighted by atomic mass is 9.87. The van der Waals surface area contributed by atoms with Crippen LogP contribution in [-0.2, 0) is 11.8 Å². The van der Waals surface area contributed by atoms with Gasteiger partial charge in [-0.3, -0.25) is 14.9 Å². The van der Waals surface area contributed by atoms with E-state index in [1.165, 1.54) is 28.6 Å². The Morgan fingerprint density at radius 2 is 1.69 bits per heavy atom. The molecule has 2 heterocycles. The zero-order valence-corrected chi connectivity index (χ0v) is 20.6. The summed E-state index contributed by atoms with van der Waals surface area (Å²) in [6.45, 7) is 4.75. The summed E-state index contributed by atoms with van der Waals surface area (Å²) in [6.07, 6.45) is 2.58. The van der Waals surface area contributed by atoms with Gasteiger partial charge in [0, 0.05) is 80.5 Å². The first kappa shape index (κ1) is 23.6. The Balaban J connectivity index is 1.34. The summed E-state index contributed by atoms with van der Waals surface area (Å²) in [7, 11) is 2.05. The van der Waals surface area contributed by atoms with E-state index in [1.807, 2.05) is 11.0 Å². The van der Waals surface area contributed by atoms with Crippen molar-refractivity contribution in [1.82, 2.24) is 9.47 Å². The van der Waals surface area contributed by atoms with Crippen LogP contribution in [0.4, 0.5) is 11.4 Å². The molecule has 7 nitrogen and oxygen atoms in total. The Labute approximate surface area is 210 Å². The third-order valence-electron chi connectivity index (χ3n) is 7.18. The first-order chi connectivity index (χ1) is 17.4. The number of piperazine rings is 1. The van der Waals surface area contributed by atoms with Gasteiger partial charge in [-0.25, -0.2) is 0 Å². The van der Waals surface area contributed by atoms with Gasteiger partial charge in [0.1, 0.15) is 0 Å². The monoisotopic (exact) mass is 482 g/mol. The number of aryl methyl sites for hydroxylation is 2. The molecule has 1 aromatic heterocycles. The van der Waals surface area contributed by atoms with Crippen molar-refractivity contribution in [2.24, 2.45) is 7.05 Å². The molecule has 0 spiro atoms. The standard InChI is InChI=1S/C29H30N4O3/c1-21-6-5-7-22(18-21)26(27-20-30(2)28-9-4-3-8-25(27)28)19-29(34)32-16-14-31(15-17-32)23-10-12-24(13-11-23)33(35)36/h3-13,18,20,26H,14-17,19H2,1-2H3. The predicted octanol–water partition coefficient (Wildman–Crippen LogP) is 5.27. The third kappa shape index (κ3) is 4.69. The maximum atomic E-state index is 13.6. The van der Waals surface area contributed by atoms with Crippen LogP contribution in [0.1, 0.15) is 29.0 Å². The number of aromatic nitrogens is 1. The van der Waals surface area contributed by atoms with Crippen LogP contribution in [0, 0.1) is 17.0 Å². The van der Waals surface area contributed by atoms with Gasteiger partial charge in [0.25, 0.3) is 5.69 Å². The Kier molecular flexibility index (Phi) is 6.46. The number of para-hydroxylation sites is 1. The number of non-ortho nitro benzene ring substituents is 1. The minimum absolute atomic E-state index is 0.0313. The average Bonchev–Trinajstić information content (AvgIpc) is 3.23. The molecule has 7 heteroatoms. The molecule has 1 amide bonds. The molecule has 0 bridgehead atoms. The van der Waals surface area contributed by atoms with Crippen LogP contribution < -0.4 is 4.90 Å². The Bertz CT molecular complexity index is 1400. The number of anilines is 1. The van der Waals surface area contributed by atoms with Crippen LogP contribution >= 0.6 is 0 Å². The van der Waals surface area contributed by atoms with Gasteiger partial charge in [0.2, 0.25) is 5.91 Å². The summed E-state index contributed by atoms with van der Waals surface area (Å²) in [5.41, 5.74) is 5.71. The second kappa shape index (κ2) is 9.85. The number of hydrogen-bond donors (Lipinski definition) is 0. The van der Waals surface area contributed by atoms with Crippen molar-refractivity contribution in [2.45, 2.75) is 19.3 Å². The molecule has 0 saturated carbocycles. The van der Waals surface area contributed by atoms with Crippen LogP contribution in [0.5, 0.6) is 0 Å². The molecule has 1 fully saturated rings. The van der Waals surface area contributed by atoms with Crippen molar-refractivity contribution < 1.29 is 9.72 Å². The number of nitro groups is 1. The van der Waals surface area contributed by atoms with E-state index in [-0.39, 0.29) is 22.4 Å². The fraction of sp³-hybridized carbons (Fsp3) is 0.276. The maximum Gasteiger partial charge on any atom is 0.269 e. The van der Waals surface area contributed by atoms with Gasteiger partial charge in [-0.05, 0) is 36.2 Å². The molecular formula is C29H30N4O3. The molecule has 1 unspecified atom stereocenters. The molecule has 5 rings (SSSR count). The van der Waals surface area contributed by atoms with Crippen LogP contribution in [0.25, 0.3) is 10.9 Å². The van der Waals surface area contributed by atoms with E-state index in [0.29, 0.717) is 32.6 Å². The number of hydrogen-bond acceptors (Lipinski definition) is 4. The minimum Gasteiger partial charge on any atom is -0.368 e. The van der Waals surface area contributed by atoms with E-state index in [9.17, 15) is 14.9 Å². The highest BCUT2D eigenvalue weighted by Gasteiger charge is 2.27. The first-order valence-corrected chi connectivity index (χ1v) is 12.3. The normalized spacial score (nSPS) is 14.7. The van der Waals surface area contributed by atoms with Gasteiger partial charge in [-0.15, -0.1) is 0 Å². The van der Waals surface area contributed by atoms with E-state index in [2.05, 4.69) is 72.1 Å². The smallest absolute Gasteiger partial charge is 0.269 e. The lowest BCUT2D eigenvalue weighted by Gasteiger charge is -2.36. The Morgan fingerprint density at radius 3 is 2.39 bits per heavy atom. The molecule has 0 aliphatic carbocycles. The summed E-state index contributed by atoms with van der Waals surface area (Å²) in [6, 6.07) is 23.4. The van der Waals surface area contributed by atoms with Gasteiger partial charge in [-0.2, -0.15) is 0 Å². The lowest BCUT2D eigenvalue weighted by molar-refractivity contribution is -0.384. The molecule has 1 atom stereocenters. The first-order valence-electron chi connectivity index (χ1n) is 12.3. The number of benzene rings is 3. The number of fused-ring (bicyclic) bond motifs is 1. The van der Waals surface area contributed by atoms with Gasteiger partial charge < -0.3 is 14.4 Å². The molecular weight excluding hydrogens is 452 g/mol. The summed E-state index contributed by atoms with van der Waals surface area (Å²) in [5, 5.41) is 12.1. The van der Waals surface area contributed by atoms with Gasteiger partial charge in [0.15, 0.2) is 0 Å². The fourth-order valence-electron chi connectivity index (χ4n) is 5.25. The van der Waals surface area contributed by atoms with E-state index in [0.717, 1.165) is 16.8 Å². The van der Waals surface area contributed by atoms with Crippen molar-refractivity contribution in [3.05, 3.63) is 106 Å². The molecule has 184 valence electrons. The average molecular weight is 483 g/mol. The predicted molar refractivity (Wildman–Crippen MR) is 142 cm³/mol. The highest BCUT2D eigenvalue weighted by atomic mass is 16.6. The van der Waals surface area contributed by atoms with Gasteiger partial charge in [0.05, 0.1) is 4.92 Å². The highest BCUT2D eigenvalue weighted by Crippen LogP contribution is 2.35. The molecule has 1 aliphatic rings. The molecule has 0 radical (unpaired) electrons. The number of nitro benzene ring substituents is 1. The van der Waals surface area contributed by atoms with Crippen LogP contribution in [0.3, 0.4) is 0 Å². The van der Waals surface area contributed by atoms with Gasteiger partial charge in [-0.1, -0.05) is 48.0 Å². The van der Waals surface area contributed by atoms with Crippen LogP contribution in [0.15, 0.2) is 79.0 Å². The quantitative estimate of drug-likeness (QED) is 0.277. The number of carbonyl (C=O) groups is 1.